The van der Waals surface area contributed by atoms with Crippen LogP contribution in [0.4, 0.5) is 0 Å². The standard InChI is InChI=1S/C21H41O5P/c1-9-21(10-2,20(8,14-27)11-12-23-15(3)4)26-18-17(25-18)24-13-16(5)19(6,7)22/h16-18,22H,3,9-14,27H2,1-2,4-8H3. The summed E-state index contributed by atoms with van der Waals surface area (Å²) in [5, 5.41) is 10.0. The Labute approximate surface area is 168 Å². The summed E-state index contributed by atoms with van der Waals surface area (Å²) in [5.74, 6) is 0.751. The van der Waals surface area contributed by atoms with Gasteiger partial charge < -0.3 is 24.1 Å². The van der Waals surface area contributed by atoms with Crippen LogP contribution in [-0.2, 0) is 18.9 Å². The first kappa shape index (κ1) is 24.8. The number of hydrogen-bond donors (Lipinski definition) is 1. The molecule has 0 aromatic heterocycles. The molecule has 160 valence electrons. The maximum atomic E-state index is 10.0. The number of allylic oxidation sites excluding steroid dienone is 1. The van der Waals surface area contributed by atoms with Gasteiger partial charge in [0.1, 0.15) is 0 Å². The van der Waals surface area contributed by atoms with Crippen LogP contribution in [0.5, 0.6) is 0 Å². The van der Waals surface area contributed by atoms with Crippen molar-refractivity contribution < 1.29 is 24.1 Å². The van der Waals surface area contributed by atoms with Gasteiger partial charge in [-0.25, -0.2) is 0 Å². The molecule has 5 nitrogen and oxygen atoms in total. The third-order valence-electron chi connectivity index (χ3n) is 6.17. The van der Waals surface area contributed by atoms with E-state index in [1.54, 1.807) is 13.8 Å². The number of rotatable bonds is 14. The summed E-state index contributed by atoms with van der Waals surface area (Å²) in [7, 11) is 2.87. The van der Waals surface area contributed by atoms with E-state index in [0.717, 1.165) is 31.2 Å². The molecule has 0 aliphatic carbocycles. The molecule has 5 unspecified atom stereocenters. The summed E-state index contributed by atoms with van der Waals surface area (Å²) in [6, 6.07) is 0. The average molecular weight is 405 g/mol. The van der Waals surface area contributed by atoms with Gasteiger partial charge in [0, 0.05) is 11.3 Å². The van der Waals surface area contributed by atoms with Gasteiger partial charge in [-0.1, -0.05) is 34.3 Å². The van der Waals surface area contributed by atoms with Gasteiger partial charge in [-0.15, -0.1) is 9.24 Å². The molecule has 0 aromatic rings. The Morgan fingerprint density at radius 2 is 1.81 bits per heavy atom. The van der Waals surface area contributed by atoms with Crippen molar-refractivity contribution in [1.29, 1.82) is 0 Å². The smallest absolute Gasteiger partial charge is 0.212 e. The van der Waals surface area contributed by atoms with Crippen molar-refractivity contribution in [3.63, 3.8) is 0 Å². The molecule has 1 aliphatic heterocycles. The van der Waals surface area contributed by atoms with E-state index in [2.05, 4.69) is 36.6 Å². The fourth-order valence-electron chi connectivity index (χ4n) is 3.33. The Bertz CT molecular complexity index is 472. The van der Waals surface area contributed by atoms with Crippen molar-refractivity contribution in [3.05, 3.63) is 12.3 Å². The second kappa shape index (κ2) is 10.0. The summed E-state index contributed by atoms with van der Waals surface area (Å²) in [4.78, 5) is 0. The van der Waals surface area contributed by atoms with E-state index >= 15 is 0 Å². The highest BCUT2D eigenvalue weighted by Gasteiger charge is 2.53. The third kappa shape index (κ3) is 6.68. The zero-order valence-corrected chi connectivity index (χ0v) is 19.5. The molecule has 0 amide bonds. The highest BCUT2D eigenvalue weighted by molar-refractivity contribution is 7.16. The molecule has 1 rings (SSSR count). The van der Waals surface area contributed by atoms with Crippen LogP contribution >= 0.6 is 9.24 Å². The number of ether oxygens (including phenoxy) is 4. The predicted molar refractivity (Wildman–Crippen MR) is 113 cm³/mol. The van der Waals surface area contributed by atoms with Crippen LogP contribution in [0.3, 0.4) is 0 Å². The molecule has 27 heavy (non-hydrogen) atoms. The molecule has 0 bridgehead atoms. The Kier molecular flexibility index (Phi) is 9.23. The topological polar surface area (TPSA) is 60.5 Å². The lowest BCUT2D eigenvalue weighted by atomic mass is 9.69. The fourth-order valence-corrected chi connectivity index (χ4v) is 3.91. The lowest BCUT2D eigenvalue weighted by Gasteiger charge is -2.47. The molecular formula is C21H41O5P. The summed E-state index contributed by atoms with van der Waals surface area (Å²) < 4.78 is 23.6. The van der Waals surface area contributed by atoms with Crippen LogP contribution in [0, 0.1) is 11.3 Å². The number of epoxide rings is 1. The van der Waals surface area contributed by atoms with Gasteiger partial charge in [-0.3, -0.25) is 0 Å². The Morgan fingerprint density at radius 3 is 2.26 bits per heavy atom. The zero-order valence-electron chi connectivity index (χ0n) is 18.3. The maximum absolute atomic E-state index is 10.0. The largest absolute Gasteiger partial charge is 0.499 e. The Morgan fingerprint density at radius 1 is 1.22 bits per heavy atom. The van der Waals surface area contributed by atoms with Crippen molar-refractivity contribution in [1.82, 2.24) is 0 Å². The van der Waals surface area contributed by atoms with Crippen molar-refractivity contribution in [3.8, 4) is 0 Å². The van der Waals surface area contributed by atoms with E-state index in [9.17, 15) is 5.11 Å². The van der Waals surface area contributed by atoms with E-state index in [-0.39, 0.29) is 29.5 Å². The normalized spacial score (nSPS) is 23.6. The van der Waals surface area contributed by atoms with Crippen LogP contribution in [0.15, 0.2) is 12.3 Å². The van der Waals surface area contributed by atoms with Gasteiger partial charge >= 0.3 is 0 Å². The molecule has 0 saturated carbocycles. The molecule has 1 aliphatic rings. The minimum Gasteiger partial charge on any atom is -0.499 e. The van der Waals surface area contributed by atoms with Crippen LogP contribution in [0.25, 0.3) is 0 Å². The minimum absolute atomic E-state index is 0.0149. The molecule has 5 atom stereocenters. The molecule has 6 heteroatoms. The monoisotopic (exact) mass is 404 g/mol. The van der Waals surface area contributed by atoms with Crippen LogP contribution in [0.2, 0.25) is 0 Å². The molecule has 1 fully saturated rings. The summed E-state index contributed by atoms with van der Waals surface area (Å²) in [6.07, 6.45) is 2.84. The van der Waals surface area contributed by atoms with Crippen LogP contribution in [-0.4, -0.2) is 48.3 Å². The lowest BCUT2D eigenvalue weighted by Crippen LogP contribution is -2.50. The summed E-state index contributed by atoms with van der Waals surface area (Å²) >= 11 is 0. The van der Waals surface area contributed by atoms with Gasteiger partial charge in [0.25, 0.3) is 0 Å². The van der Waals surface area contributed by atoms with Gasteiger partial charge in [0.15, 0.2) is 0 Å². The zero-order chi connectivity index (χ0) is 20.9. The first-order valence-electron chi connectivity index (χ1n) is 10.1. The maximum Gasteiger partial charge on any atom is 0.212 e. The molecule has 0 spiro atoms. The van der Waals surface area contributed by atoms with Crippen LogP contribution < -0.4 is 0 Å². The Hall–Kier alpha value is -0.190. The van der Waals surface area contributed by atoms with E-state index in [4.69, 9.17) is 18.9 Å². The number of hydrogen-bond acceptors (Lipinski definition) is 5. The lowest BCUT2D eigenvalue weighted by molar-refractivity contribution is -0.165. The van der Waals surface area contributed by atoms with Gasteiger partial charge in [0.2, 0.25) is 12.6 Å². The highest BCUT2D eigenvalue weighted by Crippen LogP contribution is 2.47. The van der Waals surface area contributed by atoms with E-state index in [1.165, 1.54) is 0 Å². The van der Waals surface area contributed by atoms with Crippen molar-refractivity contribution in [2.24, 2.45) is 11.3 Å². The Balaban J connectivity index is 2.70. The molecular weight excluding hydrogens is 363 g/mol. The van der Waals surface area contributed by atoms with E-state index in [1.807, 2.05) is 13.8 Å². The predicted octanol–water partition coefficient (Wildman–Crippen LogP) is 4.49. The van der Waals surface area contributed by atoms with Crippen molar-refractivity contribution in [2.75, 3.05) is 19.4 Å². The van der Waals surface area contributed by atoms with E-state index < -0.39 is 5.60 Å². The average Bonchev–Trinajstić information content (AvgIpc) is 3.33. The molecule has 1 N–H and O–H groups in total. The quantitative estimate of drug-likeness (QED) is 0.263. The first-order chi connectivity index (χ1) is 12.4. The third-order valence-corrected chi connectivity index (χ3v) is 7.07. The van der Waals surface area contributed by atoms with E-state index in [0.29, 0.717) is 13.2 Å². The molecule has 1 saturated heterocycles. The van der Waals surface area contributed by atoms with Gasteiger partial charge in [0.05, 0.1) is 30.2 Å². The van der Waals surface area contributed by atoms with Crippen molar-refractivity contribution >= 4 is 9.24 Å². The SMILES string of the molecule is C=C(C)OCCC(C)(CP)C(CC)(CC)OC1OC1OCC(C)C(C)(C)O. The summed E-state index contributed by atoms with van der Waals surface area (Å²) in [6.45, 7) is 18.9. The summed E-state index contributed by atoms with van der Waals surface area (Å²) in [5.41, 5.74) is -1.17. The minimum atomic E-state index is -0.775. The first-order valence-corrected chi connectivity index (χ1v) is 10.9. The second-order valence-electron chi connectivity index (χ2n) is 8.65. The number of aliphatic hydroxyl groups is 1. The molecule has 0 radical (unpaired) electrons. The second-order valence-corrected chi connectivity index (χ2v) is 9.05. The fraction of sp³-hybridized carbons (Fsp3) is 0.905. The van der Waals surface area contributed by atoms with Gasteiger partial charge in [-0.2, -0.15) is 0 Å². The molecule has 0 aromatic carbocycles. The van der Waals surface area contributed by atoms with Gasteiger partial charge in [-0.05, 0) is 46.2 Å². The highest BCUT2D eigenvalue weighted by atomic mass is 31.0. The van der Waals surface area contributed by atoms with Crippen molar-refractivity contribution in [2.45, 2.75) is 91.5 Å². The van der Waals surface area contributed by atoms with Crippen LogP contribution in [0.1, 0.15) is 67.7 Å². The molecule has 1 heterocycles.